The molecule has 113 heavy (non-hydrogen) atoms. The van der Waals surface area contributed by atoms with E-state index in [1.165, 1.54) is 154 Å². The largest absolute Gasteiger partial charge is 0.472 e. The summed E-state index contributed by atoms with van der Waals surface area (Å²) in [5.74, 6) is -1.64. The number of allylic oxidation sites excluding steroid dienone is 28. The quantitative estimate of drug-likeness (QED) is 0.0146. The molecule has 5 atom stereocenters. The molecule has 0 saturated heterocycles. The Morgan fingerprint density at radius 1 is 0.257 bits per heavy atom. The molecule has 5 unspecified atom stereocenters. The summed E-state index contributed by atoms with van der Waals surface area (Å²) in [5.41, 5.74) is 0. The smallest absolute Gasteiger partial charge is 0.463 e. The molecular weight excluding hydrogens is 1460 g/mol. The minimum absolute atomic E-state index is 0.0216. The van der Waals surface area contributed by atoms with Crippen LogP contribution < -0.4 is 0 Å². The van der Waals surface area contributed by atoms with Crippen LogP contribution in [0.1, 0.15) is 355 Å². The zero-order valence-electron chi connectivity index (χ0n) is 71.0. The van der Waals surface area contributed by atoms with Gasteiger partial charge in [-0.2, -0.15) is 0 Å². The Balaban J connectivity index is 4.53. The van der Waals surface area contributed by atoms with Crippen molar-refractivity contribution in [3.8, 4) is 0 Å². The Bertz CT molecular complexity index is 2730. The molecule has 0 rings (SSSR count). The second-order valence-corrected chi connectivity index (χ2v) is 32.2. The minimum atomic E-state index is -4.96. The van der Waals surface area contributed by atoms with Gasteiger partial charge < -0.3 is 34.2 Å². The van der Waals surface area contributed by atoms with Crippen LogP contribution in [0.25, 0.3) is 0 Å². The summed E-state index contributed by atoms with van der Waals surface area (Å²) in [5, 5.41) is 20.7. The standard InChI is InChI=1S/C95H160O16P2/c1-4-7-10-13-16-19-22-25-28-31-33-35-37-39-41-42-43-44-45-46-48-50-51-53-55-58-60-63-66-69-72-75-78-81-93(98)105-84-90(96)85-107-112(101,102)108-86-91(97)87-109-113(103,104)110-89-92(111-95(100)83-80-77-74-71-68-65-62-57-30-27-24-21-18-15-12-9-6-3)88-106-94(99)82-79-76-73-70-67-64-61-59-56-54-52-49-47-40-38-36-34-32-29-26-23-20-17-14-11-8-5-2/h7,9-10,12,16-21,25-30,33-36,39-41,47,62,65,71,74,90-92,96-97H,4-6,8,11,13-15,22-24,31-32,37-38,42-46,48-61,63-64,66-70,72-73,75-89H2,1-3H3,(H,101,102)(H,103,104)/b10-7-,12-9-,19-16-,20-17-,21-18-,28-25-,29-26-,30-27-,35-33-,36-34-,41-39-,47-40-,65-62-,74-71-. The van der Waals surface area contributed by atoms with Crippen molar-refractivity contribution in [3.05, 3.63) is 170 Å². The van der Waals surface area contributed by atoms with Gasteiger partial charge in [0.05, 0.1) is 26.4 Å². The monoisotopic (exact) mass is 1620 g/mol. The number of aliphatic hydroxyl groups excluding tert-OH is 2. The van der Waals surface area contributed by atoms with E-state index in [1.807, 2.05) is 12.2 Å². The molecule has 0 heterocycles. The number of ether oxygens (including phenoxy) is 3. The molecule has 646 valence electrons. The summed E-state index contributed by atoms with van der Waals surface area (Å²) < 4.78 is 61.3. The summed E-state index contributed by atoms with van der Waals surface area (Å²) in [4.78, 5) is 58.8. The van der Waals surface area contributed by atoms with Crippen molar-refractivity contribution >= 4 is 33.6 Å². The topological polar surface area (TPSA) is 231 Å². The normalized spacial score (nSPS) is 14.6. The lowest BCUT2D eigenvalue weighted by molar-refractivity contribution is -0.161. The molecule has 0 radical (unpaired) electrons. The zero-order valence-corrected chi connectivity index (χ0v) is 72.8. The van der Waals surface area contributed by atoms with Crippen molar-refractivity contribution in [2.45, 2.75) is 373 Å². The van der Waals surface area contributed by atoms with E-state index in [9.17, 15) is 43.5 Å². The summed E-state index contributed by atoms with van der Waals surface area (Å²) >= 11 is 0. The van der Waals surface area contributed by atoms with Gasteiger partial charge in [0.15, 0.2) is 6.10 Å². The number of carbonyl (C=O) groups excluding carboxylic acids is 3. The highest BCUT2D eigenvalue weighted by atomic mass is 31.2. The van der Waals surface area contributed by atoms with Crippen LogP contribution in [0, 0.1) is 0 Å². The van der Waals surface area contributed by atoms with E-state index >= 15 is 0 Å². The summed E-state index contributed by atoms with van der Waals surface area (Å²) in [7, 11) is -9.83. The van der Waals surface area contributed by atoms with E-state index < -0.39 is 91.5 Å². The van der Waals surface area contributed by atoms with Gasteiger partial charge in [0, 0.05) is 19.3 Å². The molecule has 18 heteroatoms. The van der Waals surface area contributed by atoms with Crippen molar-refractivity contribution < 1.29 is 75.8 Å². The molecule has 0 aromatic heterocycles. The van der Waals surface area contributed by atoms with Crippen molar-refractivity contribution in [1.82, 2.24) is 0 Å². The molecule has 0 amide bonds. The second kappa shape index (κ2) is 86.3. The average Bonchev–Trinajstić information content (AvgIpc) is 0.900. The minimum Gasteiger partial charge on any atom is -0.463 e. The fourth-order valence-electron chi connectivity index (χ4n) is 11.7. The lowest BCUT2D eigenvalue weighted by Crippen LogP contribution is -2.30. The maximum atomic E-state index is 13.0. The summed E-state index contributed by atoms with van der Waals surface area (Å²) in [6.07, 6.45) is 111. The number of phosphoric acid groups is 2. The van der Waals surface area contributed by atoms with Crippen LogP contribution in [0.5, 0.6) is 0 Å². The lowest BCUT2D eigenvalue weighted by Gasteiger charge is -2.21. The van der Waals surface area contributed by atoms with Gasteiger partial charge in [-0.05, 0) is 148 Å². The van der Waals surface area contributed by atoms with Crippen LogP contribution in [-0.4, -0.2) is 95.9 Å². The Kier molecular flexibility index (Phi) is 82.4. The SMILES string of the molecule is CC/C=C\C/C=C\C/C=C\C/C=C\C/C=C\CCCCCCCCCCCCCCCCCCCC(=O)OCC(O)COP(=O)(O)OCC(O)COP(=O)(O)OCC(COC(=O)CCCCCCCCCCCCC/C=C\C/C=C\C/C=C\C/C=C\CCCCC)OC(=O)CCC/C=C\C/C=C\C/C=C\C/C=C\C/C=C\CC. The third kappa shape index (κ3) is 87.6. The third-order valence-electron chi connectivity index (χ3n) is 18.4. The molecule has 0 fully saturated rings. The summed E-state index contributed by atoms with van der Waals surface area (Å²) in [6.45, 7) is 2.38. The third-order valence-corrected chi connectivity index (χ3v) is 20.3. The van der Waals surface area contributed by atoms with Crippen molar-refractivity contribution in [2.75, 3.05) is 39.6 Å². The van der Waals surface area contributed by atoms with Crippen LogP contribution >= 0.6 is 15.6 Å². The van der Waals surface area contributed by atoms with E-state index in [-0.39, 0.29) is 19.3 Å². The van der Waals surface area contributed by atoms with Gasteiger partial charge in [-0.25, -0.2) is 9.13 Å². The summed E-state index contributed by atoms with van der Waals surface area (Å²) in [6, 6.07) is 0. The van der Waals surface area contributed by atoms with Crippen LogP contribution in [-0.2, 0) is 55.8 Å². The van der Waals surface area contributed by atoms with Crippen molar-refractivity contribution in [3.63, 3.8) is 0 Å². The zero-order chi connectivity index (χ0) is 82.2. The number of aliphatic hydroxyl groups is 2. The molecule has 0 spiro atoms. The van der Waals surface area contributed by atoms with Gasteiger partial charge >= 0.3 is 33.6 Å². The molecule has 4 N–H and O–H groups in total. The van der Waals surface area contributed by atoms with Gasteiger partial charge in [0.2, 0.25) is 0 Å². The molecule has 16 nitrogen and oxygen atoms in total. The maximum Gasteiger partial charge on any atom is 0.472 e. The number of unbranched alkanes of at least 4 members (excludes halogenated alkanes) is 32. The number of esters is 3. The van der Waals surface area contributed by atoms with Gasteiger partial charge in [0.25, 0.3) is 0 Å². The average molecular weight is 1620 g/mol. The van der Waals surface area contributed by atoms with Gasteiger partial charge in [-0.1, -0.05) is 358 Å². The van der Waals surface area contributed by atoms with E-state index in [1.54, 1.807) is 0 Å². The van der Waals surface area contributed by atoms with E-state index in [0.717, 1.165) is 135 Å². The first-order valence-corrected chi connectivity index (χ1v) is 47.4. The number of hydrogen-bond donors (Lipinski definition) is 4. The predicted molar refractivity (Wildman–Crippen MR) is 472 cm³/mol. The first kappa shape index (κ1) is 108. The Labute approximate surface area is 688 Å². The van der Waals surface area contributed by atoms with Crippen LogP contribution in [0.15, 0.2) is 170 Å². The molecule has 0 aromatic rings. The molecule has 0 aliphatic heterocycles. The van der Waals surface area contributed by atoms with Gasteiger partial charge in [-0.3, -0.25) is 32.5 Å². The second-order valence-electron chi connectivity index (χ2n) is 29.3. The Morgan fingerprint density at radius 2 is 0.478 bits per heavy atom. The lowest BCUT2D eigenvalue weighted by atomic mass is 10.0. The van der Waals surface area contributed by atoms with E-state index in [0.29, 0.717) is 25.7 Å². The van der Waals surface area contributed by atoms with E-state index in [4.69, 9.17) is 32.3 Å². The molecule has 0 saturated carbocycles. The highest BCUT2D eigenvalue weighted by molar-refractivity contribution is 7.47. The number of carbonyl (C=O) groups is 3. The van der Waals surface area contributed by atoms with Crippen molar-refractivity contribution in [2.24, 2.45) is 0 Å². The molecule has 0 aromatic carbocycles. The number of hydrogen-bond acceptors (Lipinski definition) is 14. The maximum absolute atomic E-state index is 13.0. The molecule has 0 aliphatic carbocycles. The Morgan fingerprint density at radius 3 is 0.770 bits per heavy atom. The fourth-order valence-corrected chi connectivity index (χ4v) is 13.3. The first-order chi connectivity index (χ1) is 55.2. The molecular formula is C95H160O16P2. The van der Waals surface area contributed by atoms with Crippen LogP contribution in [0.2, 0.25) is 0 Å². The predicted octanol–water partition coefficient (Wildman–Crippen LogP) is 27.1. The fraction of sp³-hybridized carbons (Fsp3) is 0.674. The molecule has 0 bridgehead atoms. The highest BCUT2D eigenvalue weighted by Crippen LogP contribution is 2.45. The van der Waals surface area contributed by atoms with E-state index in [2.05, 4.69) is 179 Å². The Hall–Kier alpha value is -5.09. The number of rotatable bonds is 83. The van der Waals surface area contributed by atoms with Crippen LogP contribution in [0.3, 0.4) is 0 Å². The van der Waals surface area contributed by atoms with Gasteiger partial charge in [-0.15, -0.1) is 0 Å². The van der Waals surface area contributed by atoms with Crippen molar-refractivity contribution in [1.29, 1.82) is 0 Å². The first-order valence-electron chi connectivity index (χ1n) is 44.4. The molecule has 0 aliphatic rings. The van der Waals surface area contributed by atoms with Gasteiger partial charge in [0.1, 0.15) is 25.4 Å². The van der Waals surface area contributed by atoms with Crippen LogP contribution in [0.4, 0.5) is 0 Å². The highest BCUT2D eigenvalue weighted by Gasteiger charge is 2.29. The number of phosphoric ester groups is 2.